The van der Waals surface area contributed by atoms with Crippen molar-refractivity contribution in [1.29, 1.82) is 5.26 Å². The van der Waals surface area contributed by atoms with E-state index in [1.54, 1.807) is 37.5 Å². The maximum Gasteiger partial charge on any atom is 0.266 e. The fraction of sp³-hybridized carbons (Fsp3) is 0.308. The minimum atomic E-state index is -0.437. The van der Waals surface area contributed by atoms with Gasteiger partial charge in [0.25, 0.3) is 5.91 Å². The van der Waals surface area contributed by atoms with Gasteiger partial charge in [0, 0.05) is 23.5 Å². The number of carbonyl (C=O) groups excluding carboxylic acids is 1. The van der Waals surface area contributed by atoms with Crippen molar-refractivity contribution in [1.82, 2.24) is 0 Å². The van der Waals surface area contributed by atoms with Gasteiger partial charge in [0.05, 0.1) is 12.6 Å². The number of benzene rings is 2. The van der Waals surface area contributed by atoms with E-state index in [2.05, 4.69) is 56.1 Å². The molecule has 0 aromatic heterocycles. The Kier molecular flexibility index (Phi) is 6.21. The van der Waals surface area contributed by atoms with Gasteiger partial charge in [0.15, 0.2) is 0 Å². The molecule has 0 aliphatic carbocycles. The highest BCUT2D eigenvalue weighted by Gasteiger charge is 2.30. The van der Waals surface area contributed by atoms with Gasteiger partial charge in [-0.05, 0) is 93.8 Å². The second-order valence-corrected chi connectivity index (χ2v) is 8.30. The molecule has 3 rings (SSSR count). The Balaban J connectivity index is 1.95. The SMILES string of the molecule is CCN1c2cc(C)c(/C=C(\C#N)C(=O)Nc3ccc(OC)cc3)cc2C(C)=CC1(C)C. The molecular formula is C26H29N3O2. The second kappa shape index (κ2) is 8.69. The predicted molar refractivity (Wildman–Crippen MR) is 127 cm³/mol. The molecule has 1 aliphatic heterocycles. The van der Waals surface area contributed by atoms with E-state index < -0.39 is 5.91 Å². The van der Waals surface area contributed by atoms with E-state index in [0.29, 0.717) is 11.4 Å². The van der Waals surface area contributed by atoms with Gasteiger partial charge in [-0.15, -0.1) is 0 Å². The number of amides is 1. The summed E-state index contributed by atoms with van der Waals surface area (Å²) in [4.78, 5) is 15.1. The maximum atomic E-state index is 12.7. The average Bonchev–Trinajstić information content (AvgIpc) is 2.72. The van der Waals surface area contributed by atoms with Crippen LogP contribution in [-0.4, -0.2) is 25.1 Å². The predicted octanol–water partition coefficient (Wildman–Crippen LogP) is 5.57. The van der Waals surface area contributed by atoms with Crippen molar-refractivity contribution in [2.24, 2.45) is 0 Å². The van der Waals surface area contributed by atoms with E-state index in [1.165, 1.54) is 11.3 Å². The van der Waals surface area contributed by atoms with E-state index in [1.807, 2.05) is 13.0 Å². The number of ether oxygens (including phenoxy) is 1. The number of anilines is 2. The lowest BCUT2D eigenvalue weighted by Crippen LogP contribution is -2.44. The van der Waals surface area contributed by atoms with Gasteiger partial charge in [-0.25, -0.2) is 0 Å². The van der Waals surface area contributed by atoms with E-state index in [9.17, 15) is 10.1 Å². The fourth-order valence-electron chi connectivity index (χ4n) is 4.15. The third kappa shape index (κ3) is 4.49. The molecule has 0 spiro atoms. The van der Waals surface area contributed by atoms with Crippen molar-refractivity contribution in [2.75, 3.05) is 23.9 Å². The van der Waals surface area contributed by atoms with Gasteiger partial charge in [-0.3, -0.25) is 4.79 Å². The first-order valence-corrected chi connectivity index (χ1v) is 10.4. The summed E-state index contributed by atoms with van der Waals surface area (Å²) in [6, 6.07) is 13.3. The number of likely N-dealkylation sites (N-methyl/N-ethyl adjacent to an activating group) is 1. The number of rotatable bonds is 5. The first-order valence-electron chi connectivity index (χ1n) is 10.4. The Morgan fingerprint density at radius 1 is 1.23 bits per heavy atom. The van der Waals surface area contributed by atoms with Crippen molar-refractivity contribution < 1.29 is 9.53 Å². The Hall–Kier alpha value is -3.52. The molecule has 0 fully saturated rings. The molecule has 5 nitrogen and oxygen atoms in total. The molecule has 0 saturated carbocycles. The van der Waals surface area contributed by atoms with Crippen molar-refractivity contribution in [3.8, 4) is 11.8 Å². The molecule has 2 aromatic rings. The lowest BCUT2D eigenvalue weighted by Gasteiger charge is -2.43. The van der Waals surface area contributed by atoms with Gasteiger partial charge in [0.2, 0.25) is 0 Å². The summed E-state index contributed by atoms with van der Waals surface area (Å²) in [5.74, 6) is 0.264. The molecule has 1 aliphatic rings. The monoisotopic (exact) mass is 415 g/mol. The highest BCUT2D eigenvalue weighted by atomic mass is 16.5. The summed E-state index contributed by atoms with van der Waals surface area (Å²) in [7, 11) is 1.59. The van der Waals surface area contributed by atoms with Crippen LogP contribution < -0.4 is 15.0 Å². The van der Waals surface area contributed by atoms with Crippen LogP contribution >= 0.6 is 0 Å². The standard InChI is InChI=1S/C26H29N3O2/c1-7-29-24-12-17(2)19(14-23(24)18(3)15-26(29,4)5)13-20(16-27)25(30)28-21-8-10-22(31-6)11-9-21/h8-15H,7H2,1-6H3,(H,28,30)/b20-13+. The molecule has 0 atom stereocenters. The minimum Gasteiger partial charge on any atom is -0.497 e. The zero-order chi connectivity index (χ0) is 22.8. The fourth-order valence-corrected chi connectivity index (χ4v) is 4.15. The Bertz CT molecular complexity index is 1100. The summed E-state index contributed by atoms with van der Waals surface area (Å²) >= 11 is 0. The number of carbonyl (C=O) groups is 1. The molecule has 1 amide bonds. The summed E-state index contributed by atoms with van der Waals surface area (Å²) in [6.07, 6.45) is 3.93. The van der Waals surface area contributed by atoms with Crippen LogP contribution in [0.3, 0.4) is 0 Å². The van der Waals surface area contributed by atoms with Crippen LogP contribution in [0.5, 0.6) is 5.75 Å². The molecule has 0 bridgehead atoms. The number of hydrogen-bond donors (Lipinski definition) is 1. The number of nitrogens with one attached hydrogen (secondary N) is 1. The molecule has 0 radical (unpaired) electrons. The van der Waals surface area contributed by atoms with Gasteiger partial charge in [-0.1, -0.05) is 6.08 Å². The van der Waals surface area contributed by atoms with Crippen LogP contribution in [0.1, 0.15) is 44.4 Å². The Morgan fingerprint density at radius 3 is 2.48 bits per heavy atom. The molecule has 5 heteroatoms. The lowest BCUT2D eigenvalue weighted by atomic mass is 9.86. The Labute approximate surface area is 184 Å². The number of methoxy groups -OCH3 is 1. The van der Waals surface area contributed by atoms with Crippen LogP contribution in [0.25, 0.3) is 11.6 Å². The first-order chi connectivity index (χ1) is 14.7. The second-order valence-electron chi connectivity index (χ2n) is 8.30. The average molecular weight is 416 g/mol. The number of nitriles is 1. The first kappa shape index (κ1) is 22.2. The molecule has 0 saturated heterocycles. The van der Waals surface area contributed by atoms with Crippen LogP contribution in [0, 0.1) is 18.3 Å². The number of hydrogen-bond acceptors (Lipinski definition) is 4. The van der Waals surface area contributed by atoms with Crippen molar-refractivity contribution in [3.05, 3.63) is 64.7 Å². The van der Waals surface area contributed by atoms with Gasteiger partial charge >= 0.3 is 0 Å². The van der Waals surface area contributed by atoms with Gasteiger partial charge in [0.1, 0.15) is 17.4 Å². The third-order valence-corrected chi connectivity index (χ3v) is 5.69. The summed E-state index contributed by atoms with van der Waals surface area (Å²) in [5, 5.41) is 12.4. The largest absolute Gasteiger partial charge is 0.497 e. The quantitative estimate of drug-likeness (QED) is 0.512. The topological polar surface area (TPSA) is 65.4 Å². The van der Waals surface area contributed by atoms with Crippen molar-refractivity contribution in [3.63, 3.8) is 0 Å². The highest BCUT2D eigenvalue weighted by molar-refractivity contribution is 6.09. The smallest absolute Gasteiger partial charge is 0.266 e. The third-order valence-electron chi connectivity index (χ3n) is 5.69. The zero-order valence-corrected chi connectivity index (χ0v) is 19.0. The molecular weight excluding hydrogens is 386 g/mol. The summed E-state index contributed by atoms with van der Waals surface area (Å²) in [5.41, 5.74) is 6.00. The zero-order valence-electron chi connectivity index (χ0n) is 19.0. The minimum absolute atomic E-state index is 0.0592. The summed E-state index contributed by atoms with van der Waals surface area (Å²) < 4.78 is 5.13. The van der Waals surface area contributed by atoms with E-state index >= 15 is 0 Å². The number of allylic oxidation sites excluding steroid dienone is 1. The molecule has 2 aromatic carbocycles. The van der Waals surface area contributed by atoms with Crippen LogP contribution in [0.15, 0.2) is 48.0 Å². The number of nitrogens with zero attached hydrogens (tertiary/aromatic N) is 2. The maximum absolute atomic E-state index is 12.7. The molecule has 0 unspecified atom stereocenters. The normalized spacial score (nSPS) is 14.9. The van der Waals surface area contributed by atoms with Crippen molar-refractivity contribution in [2.45, 2.75) is 40.2 Å². The van der Waals surface area contributed by atoms with Gasteiger partial charge < -0.3 is 15.0 Å². The highest BCUT2D eigenvalue weighted by Crippen LogP contribution is 2.40. The van der Waals surface area contributed by atoms with Crippen LogP contribution in [0.2, 0.25) is 0 Å². The van der Waals surface area contributed by atoms with Crippen LogP contribution in [-0.2, 0) is 4.79 Å². The molecule has 31 heavy (non-hydrogen) atoms. The summed E-state index contributed by atoms with van der Waals surface area (Å²) in [6.45, 7) is 11.6. The van der Waals surface area contributed by atoms with E-state index in [4.69, 9.17) is 4.74 Å². The van der Waals surface area contributed by atoms with Gasteiger partial charge in [-0.2, -0.15) is 5.26 Å². The molecule has 1 N–H and O–H groups in total. The molecule has 160 valence electrons. The number of fused-ring (bicyclic) bond motifs is 1. The van der Waals surface area contributed by atoms with Crippen molar-refractivity contribution >= 4 is 28.9 Å². The van der Waals surface area contributed by atoms with Crippen LogP contribution in [0.4, 0.5) is 11.4 Å². The van der Waals surface area contributed by atoms with E-state index in [0.717, 1.165) is 23.2 Å². The Morgan fingerprint density at radius 2 is 1.90 bits per heavy atom. The molecule has 1 heterocycles. The number of aryl methyl sites for hydroxylation is 1. The van der Waals surface area contributed by atoms with E-state index in [-0.39, 0.29) is 11.1 Å². The lowest BCUT2D eigenvalue weighted by molar-refractivity contribution is -0.112.